The van der Waals surface area contributed by atoms with Crippen molar-refractivity contribution in [2.24, 2.45) is 5.73 Å². The molecule has 1 nitrogen and oxygen atoms in total. The van der Waals surface area contributed by atoms with Crippen LogP contribution in [-0.4, -0.2) is 0 Å². The van der Waals surface area contributed by atoms with Crippen molar-refractivity contribution in [1.29, 1.82) is 0 Å². The quantitative estimate of drug-likeness (QED) is 0.866. The number of halogens is 2. The second kappa shape index (κ2) is 5.57. The van der Waals surface area contributed by atoms with Gasteiger partial charge in [-0.15, -0.1) is 0 Å². The van der Waals surface area contributed by atoms with E-state index in [4.69, 9.17) is 5.73 Å². The number of rotatable bonds is 2. The van der Waals surface area contributed by atoms with Crippen LogP contribution in [0.25, 0.3) is 0 Å². The topological polar surface area (TPSA) is 26.0 Å². The Bertz CT molecular complexity index is 616. The Morgan fingerprint density at radius 3 is 2.19 bits per heavy atom. The van der Waals surface area contributed by atoms with E-state index in [0.29, 0.717) is 11.5 Å². The molecule has 0 atom stereocenters. The Labute approximate surface area is 123 Å². The molecule has 0 spiro atoms. The first-order valence-corrected chi connectivity index (χ1v) is 7.38. The van der Waals surface area contributed by atoms with Gasteiger partial charge in [0.05, 0.1) is 0 Å². The fraction of sp³-hybridized carbons (Fsp3) is 0.333. The SMILES string of the molecule is NC1(c2ccc(F)c(F)c2)CCC(c2ccccc2)CC1. The minimum absolute atomic E-state index is 0.508. The van der Waals surface area contributed by atoms with Gasteiger partial charge >= 0.3 is 0 Å². The average molecular weight is 287 g/mol. The van der Waals surface area contributed by atoms with E-state index in [1.807, 2.05) is 6.07 Å². The third-order valence-corrected chi connectivity index (χ3v) is 4.64. The van der Waals surface area contributed by atoms with Crippen LogP contribution >= 0.6 is 0 Å². The molecule has 0 saturated heterocycles. The van der Waals surface area contributed by atoms with Gasteiger partial charge in [0, 0.05) is 5.54 Å². The van der Waals surface area contributed by atoms with Crippen molar-refractivity contribution < 1.29 is 8.78 Å². The van der Waals surface area contributed by atoms with Gasteiger partial charge in [0.25, 0.3) is 0 Å². The summed E-state index contributed by atoms with van der Waals surface area (Å²) < 4.78 is 26.5. The maximum atomic E-state index is 13.4. The lowest BCUT2D eigenvalue weighted by atomic mass is 9.71. The molecule has 0 radical (unpaired) electrons. The van der Waals surface area contributed by atoms with Crippen molar-refractivity contribution in [2.45, 2.75) is 37.1 Å². The van der Waals surface area contributed by atoms with E-state index in [1.54, 1.807) is 6.07 Å². The molecular weight excluding hydrogens is 268 g/mol. The number of hydrogen-bond acceptors (Lipinski definition) is 1. The predicted octanol–water partition coefficient (Wildman–Crippen LogP) is 4.48. The molecule has 0 amide bonds. The predicted molar refractivity (Wildman–Crippen MR) is 79.9 cm³/mol. The maximum Gasteiger partial charge on any atom is 0.159 e. The summed E-state index contributed by atoms with van der Waals surface area (Å²) in [5.41, 5.74) is 7.95. The average Bonchev–Trinajstić information content (AvgIpc) is 2.51. The molecule has 1 aliphatic carbocycles. The highest BCUT2D eigenvalue weighted by Crippen LogP contribution is 2.41. The van der Waals surface area contributed by atoms with E-state index in [2.05, 4.69) is 24.3 Å². The van der Waals surface area contributed by atoms with Crippen LogP contribution in [0.2, 0.25) is 0 Å². The summed E-state index contributed by atoms with van der Waals surface area (Å²) >= 11 is 0. The molecule has 0 aromatic heterocycles. The van der Waals surface area contributed by atoms with Crippen LogP contribution in [-0.2, 0) is 5.54 Å². The summed E-state index contributed by atoms with van der Waals surface area (Å²) in [4.78, 5) is 0. The molecule has 0 unspecified atom stereocenters. The van der Waals surface area contributed by atoms with Gasteiger partial charge in [-0.2, -0.15) is 0 Å². The summed E-state index contributed by atoms with van der Waals surface area (Å²) in [7, 11) is 0. The number of nitrogens with two attached hydrogens (primary N) is 1. The van der Waals surface area contributed by atoms with Gasteiger partial charge in [-0.1, -0.05) is 36.4 Å². The zero-order valence-corrected chi connectivity index (χ0v) is 11.9. The van der Waals surface area contributed by atoms with E-state index in [1.165, 1.54) is 17.7 Å². The molecule has 2 aromatic carbocycles. The summed E-state index contributed by atoms with van der Waals surface area (Å²) in [6.45, 7) is 0. The standard InChI is InChI=1S/C18H19F2N/c19-16-7-6-15(12-17(16)20)18(21)10-8-14(9-11-18)13-4-2-1-3-5-13/h1-7,12,14H,8-11,21H2. The monoisotopic (exact) mass is 287 g/mol. The molecular formula is C18H19F2N. The van der Waals surface area contributed by atoms with Crippen LogP contribution in [0.4, 0.5) is 8.78 Å². The largest absolute Gasteiger partial charge is 0.321 e. The molecule has 110 valence electrons. The molecule has 0 heterocycles. The Balaban J connectivity index is 1.76. The lowest BCUT2D eigenvalue weighted by Gasteiger charge is -2.38. The number of hydrogen-bond donors (Lipinski definition) is 1. The Hall–Kier alpha value is -1.74. The third kappa shape index (κ3) is 2.84. The minimum atomic E-state index is -0.819. The Morgan fingerprint density at radius 1 is 0.905 bits per heavy atom. The van der Waals surface area contributed by atoms with Crippen LogP contribution in [0.15, 0.2) is 48.5 Å². The van der Waals surface area contributed by atoms with E-state index in [-0.39, 0.29) is 0 Å². The summed E-state index contributed by atoms with van der Waals surface area (Å²) in [5.74, 6) is -1.13. The second-order valence-corrected chi connectivity index (χ2v) is 5.97. The van der Waals surface area contributed by atoms with E-state index >= 15 is 0 Å². The van der Waals surface area contributed by atoms with Crippen molar-refractivity contribution in [3.05, 3.63) is 71.3 Å². The van der Waals surface area contributed by atoms with E-state index in [9.17, 15) is 8.78 Å². The molecule has 1 aliphatic rings. The lowest BCUT2D eigenvalue weighted by Crippen LogP contribution is -2.40. The first-order valence-electron chi connectivity index (χ1n) is 7.38. The normalized spacial score (nSPS) is 25.8. The molecule has 2 aromatic rings. The van der Waals surface area contributed by atoms with Gasteiger partial charge in [0.1, 0.15) is 0 Å². The molecule has 1 saturated carbocycles. The summed E-state index contributed by atoms with van der Waals surface area (Å²) in [6.07, 6.45) is 3.52. The van der Waals surface area contributed by atoms with Crippen molar-refractivity contribution in [1.82, 2.24) is 0 Å². The second-order valence-electron chi connectivity index (χ2n) is 5.97. The Morgan fingerprint density at radius 2 is 1.57 bits per heavy atom. The molecule has 1 fully saturated rings. The van der Waals surface area contributed by atoms with Crippen LogP contribution < -0.4 is 5.73 Å². The first-order chi connectivity index (χ1) is 10.1. The van der Waals surface area contributed by atoms with Crippen molar-refractivity contribution in [3.8, 4) is 0 Å². The van der Waals surface area contributed by atoms with Crippen LogP contribution in [0, 0.1) is 11.6 Å². The van der Waals surface area contributed by atoms with Crippen molar-refractivity contribution in [3.63, 3.8) is 0 Å². The zero-order chi connectivity index (χ0) is 14.9. The van der Waals surface area contributed by atoms with Gasteiger partial charge in [-0.25, -0.2) is 8.78 Å². The van der Waals surface area contributed by atoms with Crippen LogP contribution in [0.5, 0.6) is 0 Å². The smallest absolute Gasteiger partial charge is 0.159 e. The lowest BCUT2D eigenvalue weighted by molar-refractivity contribution is 0.275. The Kier molecular flexibility index (Phi) is 3.77. The fourth-order valence-electron chi connectivity index (χ4n) is 3.29. The van der Waals surface area contributed by atoms with E-state index < -0.39 is 17.2 Å². The molecule has 0 bridgehead atoms. The minimum Gasteiger partial charge on any atom is -0.321 e. The van der Waals surface area contributed by atoms with Crippen LogP contribution in [0.3, 0.4) is 0 Å². The van der Waals surface area contributed by atoms with Crippen LogP contribution in [0.1, 0.15) is 42.7 Å². The molecule has 3 heteroatoms. The third-order valence-electron chi connectivity index (χ3n) is 4.64. The van der Waals surface area contributed by atoms with Crippen molar-refractivity contribution >= 4 is 0 Å². The van der Waals surface area contributed by atoms with Crippen molar-refractivity contribution in [2.75, 3.05) is 0 Å². The maximum absolute atomic E-state index is 13.4. The summed E-state index contributed by atoms with van der Waals surface area (Å²) in [5, 5.41) is 0. The van der Waals surface area contributed by atoms with Gasteiger partial charge < -0.3 is 5.73 Å². The highest BCUT2D eigenvalue weighted by atomic mass is 19.2. The molecule has 0 aliphatic heterocycles. The van der Waals surface area contributed by atoms with Gasteiger partial charge in [-0.3, -0.25) is 0 Å². The first kappa shape index (κ1) is 14.2. The molecule has 21 heavy (non-hydrogen) atoms. The molecule has 2 N–H and O–H groups in total. The highest BCUT2D eigenvalue weighted by molar-refractivity contribution is 5.28. The molecule has 3 rings (SSSR count). The fourth-order valence-corrected chi connectivity index (χ4v) is 3.29. The summed E-state index contributed by atoms with van der Waals surface area (Å²) in [6, 6.07) is 14.4. The van der Waals surface area contributed by atoms with E-state index in [0.717, 1.165) is 25.7 Å². The van der Waals surface area contributed by atoms with Gasteiger partial charge in [-0.05, 0) is 54.9 Å². The zero-order valence-electron chi connectivity index (χ0n) is 11.9. The van der Waals surface area contributed by atoms with Gasteiger partial charge in [0.2, 0.25) is 0 Å². The van der Waals surface area contributed by atoms with Gasteiger partial charge in [0.15, 0.2) is 11.6 Å². The highest BCUT2D eigenvalue weighted by Gasteiger charge is 2.34. The number of benzene rings is 2.